The third-order valence-corrected chi connectivity index (χ3v) is 14.0. The summed E-state index contributed by atoms with van der Waals surface area (Å²) >= 11 is 0. The summed E-state index contributed by atoms with van der Waals surface area (Å²) in [4.78, 5) is 4.82. The van der Waals surface area contributed by atoms with Gasteiger partial charge in [0.05, 0.1) is 33.4 Å². The Morgan fingerprint density at radius 3 is 0.886 bits per heavy atom. The minimum atomic E-state index is 0.577. The third kappa shape index (κ3) is 7.35. The van der Waals surface area contributed by atoms with Crippen LogP contribution in [0.5, 0.6) is 0 Å². The Kier molecular flexibility index (Phi) is 10.2. The average Bonchev–Trinajstić information content (AvgIpc) is 3.86. The number of nitrogens with zero attached hydrogens (tertiary/aromatic N) is 4. The second kappa shape index (κ2) is 16.8. The van der Waals surface area contributed by atoms with Crippen LogP contribution in [0, 0.1) is 52.9 Å². The zero-order valence-corrected chi connectivity index (χ0v) is 40.3. The molecular formula is C66H50N4. The smallest absolute Gasteiger partial charge is 0.104 e. The molecule has 0 bridgehead atoms. The highest BCUT2D eigenvalue weighted by atomic mass is 15.0. The highest BCUT2D eigenvalue weighted by Crippen LogP contribution is 2.44. The summed E-state index contributed by atoms with van der Waals surface area (Å²) in [5.41, 5.74) is 24.1. The highest BCUT2D eigenvalue weighted by molar-refractivity contribution is 6.13. The van der Waals surface area contributed by atoms with Gasteiger partial charge < -0.3 is 9.13 Å². The molecule has 4 nitrogen and oxygen atoms in total. The maximum atomic E-state index is 12.0. The summed E-state index contributed by atoms with van der Waals surface area (Å²) in [6, 6.07) is 73.7. The van der Waals surface area contributed by atoms with Crippen molar-refractivity contribution in [1.82, 2.24) is 14.1 Å². The normalized spacial score (nSPS) is 11.6. The Balaban J connectivity index is 1.24. The van der Waals surface area contributed by atoms with E-state index >= 15 is 0 Å². The zero-order chi connectivity index (χ0) is 47.8. The van der Waals surface area contributed by atoms with Crippen LogP contribution >= 0.6 is 0 Å². The molecule has 12 aromatic rings. The van der Waals surface area contributed by atoms with Crippen LogP contribution in [-0.2, 0) is 0 Å². The van der Waals surface area contributed by atoms with Gasteiger partial charge in [-0.15, -0.1) is 0 Å². The van der Waals surface area contributed by atoms with E-state index in [9.17, 15) is 5.26 Å². The molecule has 70 heavy (non-hydrogen) atoms. The first-order valence-electron chi connectivity index (χ1n) is 24.1. The van der Waals surface area contributed by atoms with Gasteiger partial charge in [-0.25, -0.2) is 0 Å². The lowest BCUT2D eigenvalue weighted by Crippen LogP contribution is -2.06. The Morgan fingerprint density at radius 2 is 0.600 bits per heavy atom. The molecule has 0 spiro atoms. The number of pyridine rings is 1. The fraction of sp³-hybridized carbons (Fsp3) is 0.0909. The van der Waals surface area contributed by atoms with Crippen molar-refractivity contribution in [2.24, 2.45) is 0 Å². The van der Waals surface area contributed by atoms with Crippen molar-refractivity contribution in [3.8, 4) is 73.1 Å². The van der Waals surface area contributed by atoms with E-state index < -0.39 is 0 Å². The van der Waals surface area contributed by atoms with Crippen LogP contribution < -0.4 is 0 Å². The number of benzene rings is 9. The quantitative estimate of drug-likeness (QED) is 0.160. The number of fused-ring (bicyclic) bond motifs is 6. The molecule has 0 radical (unpaired) electrons. The van der Waals surface area contributed by atoms with Crippen LogP contribution in [0.4, 0.5) is 0 Å². The van der Waals surface area contributed by atoms with Crippen molar-refractivity contribution in [3.05, 3.63) is 233 Å². The van der Waals surface area contributed by atoms with Crippen LogP contribution in [0.1, 0.15) is 39.2 Å². The molecule has 0 fully saturated rings. The van der Waals surface area contributed by atoms with Crippen LogP contribution in [-0.4, -0.2) is 14.1 Å². The lowest BCUT2D eigenvalue weighted by molar-refractivity contribution is 1.11. The van der Waals surface area contributed by atoms with Crippen molar-refractivity contribution in [2.75, 3.05) is 0 Å². The Morgan fingerprint density at radius 1 is 0.314 bits per heavy atom. The lowest BCUT2D eigenvalue weighted by atomic mass is 9.99. The van der Waals surface area contributed by atoms with Crippen molar-refractivity contribution in [1.29, 1.82) is 5.26 Å². The zero-order valence-electron chi connectivity index (χ0n) is 40.3. The second-order valence-corrected chi connectivity index (χ2v) is 19.2. The molecule has 0 amide bonds. The van der Waals surface area contributed by atoms with E-state index in [0.717, 1.165) is 122 Å². The average molecular weight is 899 g/mol. The lowest BCUT2D eigenvalue weighted by Gasteiger charge is -2.19. The van der Waals surface area contributed by atoms with Gasteiger partial charge in [-0.3, -0.25) is 4.98 Å². The molecule has 4 heteroatoms. The summed E-state index contributed by atoms with van der Waals surface area (Å²) in [6.07, 6.45) is 0. The summed E-state index contributed by atoms with van der Waals surface area (Å²) in [6.45, 7) is 12.7. The predicted molar refractivity (Wildman–Crippen MR) is 293 cm³/mol. The molecule has 0 unspecified atom stereocenters. The molecule has 3 aromatic heterocycles. The van der Waals surface area contributed by atoms with E-state index in [1.807, 2.05) is 0 Å². The Bertz CT molecular complexity index is 3690. The highest BCUT2D eigenvalue weighted by Gasteiger charge is 2.24. The molecule has 0 atom stereocenters. The van der Waals surface area contributed by atoms with E-state index in [1.165, 1.54) is 22.3 Å². The van der Waals surface area contributed by atoms with Crippen molar-refractivity contribution in [3.63, 3.8) is 0 Å². The van der Waals surface area contributed by atoms with Crippen LogP contribution in [0.25, 0.3) is 111 Å². The minimum Gasteiger partial charge on any atom is -0.308 e. The molecule has 3 heterocycles. The van der Waals surface area contributed by atoms with Crippen LogP contribution in [0.15, 0.2) is 194 Å². The summed E-state index contributed by atoms with van der Waals surface area (Å²) in [7, 11) is 0. The topological polar surface area (TPSA) is 46.5 Å². The SMILES string of the molecule is Cc1cccc(-c2ccc3c4ccc(-c5cccc(C)c5)cc4n(-c4cc(-c5cc(C)nc(C)c5)cc(-n5c6cc(-c7cccc(C)c7)ccc6c6ccc(-c7cccc(C)c7)cc65)c4C#N)c3c2)c1. The molecule has 0 aliphatic carbocycles. The third-order valence-electron chi connectivity index (χ3n) is 14.0. The van der Waals surface area contributed by atoms with Gasteiger partial charge in [0, 0.05) is 32.9 Å². The summed E-state index contributed by atoms with van der Waals surface area (Å²) in [5, 5.41) is 16.5. The molecule has 9 aromatic carbocycles. The molecule has 334 valence electrons. The second-order valence-electron chi connectivity index (χ2n) is 19.2. The molecule has 0 aliphatic rings. The van der Waals surface area contributed by atoms with Gasteiger partial charge in [-0.1, -0.05) is 168 Å². The first-order chi connectivity index (χ1) is 34.1. The van der Waals surface area contributed by atoms with Gasteiger partial charge in [0.15, 0.2) is 0 Å². The first kappa shape index (κ1) is 42.6. The van der Waals surface area contributed by atoms with E-state index in [-0.39, 0.29) is 0 Å². The fourth-order valence-electron chi connectivity index (χ4n) is 10.8. The van der Waals surface area contributed by atoms with Gasteiger partial charge in [0.1, 0.15) is 11.6 Å². The fourth-order valence-corrected chi connectivity index (χ4v) is 10.8. The molecule has 0 saturated heterocycles. The Hall–Kier alpha value is -8.78. The predicted octanol–water partition coefficient (Wildman–Crippen LogP) is 17.3. The van der Waals surface area contributed by atoms with Crippen molar-refractivity contribution >= 4 is 43.6 Å². The minimum absolute atomic E-state index is 0.577. The van der Waals surface area contributed by atoms with E-state index in [0.29, 0.717) is 5.56 Å². The van der Waals surface area contributed by atoms with Crippen molar-refractivity contribution in [2.45, 2.75) is 41.5 Å². The number of nitriles is 1. The molecule has 0 saturated carbocycles. The van der Waals surface area contributed by atoms with Gasteiger partial charge in [0.2, 0.25) is 0 Å². The van der Waals surface area contributed by atoms with E-state index in [2.05, 4.69) is 251 Å². The first-order valence-corrected chi connectivity index (χ1v) is 24.1. The Labute approximate surface area is 409 Å². The maximum Gasteiger partial charge on any atom is 0.104 e. The van der Waals surface area contributed by atoms with Crippen molar-refractivity contribution < 1.29 is 0 Å². The molecular weight excluding hydrogens is 849 g/mol. The maximum absolute atomic E-state index is 12.0. The summed E-state index contributed by atoms with van der Waals surface area (Å²) in [5.74, 6) is 0. The van der Waals surface area contributed by atoms with Crippen LogP contribution in [0.3, 0.4) is 0 Å². The van der Waals surface area contributed by atoms with Gasteiger partial charge in [-0.2, -0.15) is 5.26 Å². The number of hydrogen-bond acceptors (Lipinski definition) is 2. The van der Waals surface area contributed by atoms with Gasteiger partial charge >= 0.3 is 0 Å². The standard InChI is InChI=1S/C66H50N4/c1-40-11-7-15-46(27-40)50-19-23-56-57-24-20-51(47-16-8-12-41(2)28-47)34-62(57)69(61(56)33-50)65-37-55(54-31-44(5)68-45(6)32-54)38-66(60(65)39-67)70-63-35-52(48-17-9-13-42(3)29-48)21-25-58(63)59-26-22-53(36-64(59)70)49-18-10-14-43(4)30-49/h7-38H,1-6H3. The molecule has 12 rings (SSSR count). The van der Waals surface area contributed by atoms with Crippen LogP contribution in [0.2, 0.25) is 0 Å². The molecule has 0 N–H and O–H groups in total. The largest absolute Gasteiger partial charge is 0.308 e. The number of rotatable bonds is 7. The van der Waals surface area contributed by atoms with E-state index in [1.54, 1.807) is 0 Å². The summed E-state index contributed by atoms with van der Waals surface area (Å²) < 4.78 is 4.72. The van der Waals surface area contributed by atoms with Gasteiger partial charge in [0.25, 0.3) is 0 Å². The van der Waals surface area contributed by atoms with Gasteiger partial charge in [-0.05, 0) is 146 Å². The monoisotopic (exact) mass is 898 g/mol. The number of hydrogen-bond donors (Lipinski definition) is 0. The van der Waals surface area contributed by atoms with E-state index in [4.69, 9.17) is 4.98 Å². The number of aromatic nitrogens is 3. The molecule has 0 aliphatic heterocycles. The number of aryl methyl sites for hydroxylation is 6.